The van der Waals surface area contributed by atoms with Crippen LogP contribution in [0.3, 0.4) is 0 Å². The van der Waals surface area contributed by atoms with Crippen LogP contribution >= 0.6 is 0 Å². The third kappa shape index (κ3) is 4.03. The Bertz CT molecular complexity index is 841. The van der Waals surface area contributed by atoms with Crippen molar-refractivity contribution >= 4 is 23.3 Å². The number of anilines is 2. The van der Waals surface area contributed by atoms with Crippen LogP contribution in [0.2, 0.25) is 0 Å². The van der Waals surface area contributed by atoms with E-state index in [9.17, 15) is 9.59 Å². The van der Waals surface area contributed by atoms with E-state index in [2.05, 4.69) is 5.32 Å². The first-order valence-electron chi connectivity index (χ1n) is 9.22. The summed E-state index contributed by atoms with van der Waals surface area (Å²) in [6, 6.07) is 14.3. The first-order valence-corrected chi connectivity index (χ1v) is 9.22. The number of amides is 3. The molecule has 3 rings (SSSR count). The van der Waals surface area contributed by atoms with Gasteiger partial charge in [-0.25, -0.2) is 4.79 Å². The first kappa shape index (κ1) is 19.5. The van der Waals surface area contributed by atoms with Crippen molar-refractivity contribution in [2.45, 2.75) is 19.4 Å². The van der Waals surface area contributed by atoms with E-state index >= 15 is 0 Å². The maximum absolute atomic E-state index is 12.7. The monoisotopic (exact) mass is 383 g/mol. The molecule has 0 aromatic heterocycles. The topological polar surface area (TPSA) is 71.1 Å². The van der Waals surface area contributed by atoms with Crippen LogP contribution in [0, 0.1) is 0 Å². The van der Waals surface area contributed by atoms with E-state index in [1.165, 1.54) is 0 Å². The summed E-state index contributed by atoms with van der Waals surface area (Å²) in [4.78, 5) is 28.5. The Morgan fingerprint density at radius 3 is 2.50 bits per heavy atom. The van der Waals surface area contributed by atoms with Gasteiger partial charge in [-0.15, -0.1) is 0 Å². The zero-order valence-corrected chi connectivity index (χ0v) is 16.3. The number of rotatable bonds is 6. The molecule has 1 fully saturated rings. The van der Waals surface area contributed by atoms with Gasteiger partial charge in [-0.05, 0) is 31.2 Å². The Labute approximate surface area is 164 Å². The van der Waals surface area contributed by atoms with Crippen molar-refractivity contribution in [3.05, 3.63) is 48.5 Å². The number of carbonyl (C=O) groups is 2. The summed E-state index contributed by atoms with van der Waals surface area (Å²) < 4.78 is 10.6. The molecule has 0 radical (unpaired) electrons. The van der Waals surface area contributed by atoms with E-state index in [-0.39, 0.29) is 24.4 Å². The molecule has 2 aromatic carbocycles. The molecule has 0 saturated carbocycles. The maximum atomic E-state index is 12.7. The number of urea groups is 1. The van der Waals surface area contributed by atoms with Crippen LogP contribution in [-0.4, -0.2) is 45.3 Å². The molecule has 0 spiro atoms. The smallest absolute Gasteiger partial charge is 0.322 e. The standard InChI is InChI=1S/C21H25N3O4/c1-4-23(16-8-6-5-7-9-16)21(26)22-15-12-20(25)24(14-15)17-10-11-18(27-2)19(13-17)28-3/h5-11,13,15H,4,12,14H2,1-3H3,(H,22,26). The minimum Gasteiger partial charge on any atom is -0.493 e. The van der Waals surface area contributed by atoms with Gasteiger partial charge in [0.15, 0.2) is 11.5 Å². The van der Waals surface area contributed by atoms with Gasteiger partial charge >= 0.3 is 6.03 Å². The van der Waals surface area contributed by atoms with E-state index < -0.39 is 0 Å². The van der Waals surface area contributed by atoms with Gasteiger partial charge in [0.25, 0.3) is 0 Å². The van der Waals surface area contributed by atoms with E-state index in [0.29, 0.717) is 24.6 Å². The number of nitrogens with one attached hydrogen (secondary N) is 1. The van der Waals surface area contributed by atoms with E-state index in [1.807, 2.05) is 43.3 Å². The Hall–Kier alpha value is -3.22. The average molecular weight is 383 g/mol. The van der Waals surface area contributed by atoms with Crippen LogP contribution < -0.4 is 24.6 Å². The Balaban J connectivity index is 1.70. The SMILES string of the molecule is CCN(C(=O)NC1CC(=O)N(c2ccc(OC)c(OC)c2)C1)c1ccccc1. The molecule has 1 aliphatic heterocycles. The average Bonchev–Trinajstić information content (AvgIpc) is 3.08. The zero-order valence-electron chi connectivity index (χ0n) is 16.3. The molecule has 0 bridgehead atoms. The van der Waals surface area contributed by atoms with Crippen molar-refractivity contribution in [3.8, 4) is 11.5 Å². The van der Waals surface area contributed by atoms with Crippen molar-refractivity contribution in [2.24, 2.45) is 0 Å². The van der Waals surface area contributed by atoms with Crippen LogP contribution in [0.4, 0.5) is 16.2 Å². The van der Waals surface area contributed by atoms with Crippen molar-refractivity contribution in [3.63, 3.8) is 0 Å². The Morgan fingerprint density at radius 1 is 1.14 bits per heavy atom. The molecule has 148 valence electrons. The number of hydrogen-bond donors (Lipinski definition) is 1. The fraction of sp³-hybridized carbons (Fsp3) is 0.333. The Morgan fingerprint density at radius 2 is 1.86 bits per heavy atom. The molecule has 1 heterocycles. The highest BCUT2D eigenvalue weighted by atomic mass is 16.5. The third-order valence-corrected chi connectivity index (χ3v) is 4.76. The number of ether oxygens (including phenoxy) is 2. The molecule has 1 unspecified atom stereocenters. The highest BCUT2D eigenvalue weighted by Gasteiger charge is 2.33. The fourth-order valence-corrected chi connectivity index (χ4v) is 3.35. The lowest BCUT2D eigenvalue weighted by molar-refractivity contribution is -0.117. The molecule has 1 saturated heterocycles. The van der Waals surface area contributed by atoms with Crippen LogP contribution in [0.25, 0.3) is 0 Å². The second kappa shape index (κ2) is 8.65. The van der Waals surface area contributed by atoms with Crippen molar-refractivity contribution in [1.29, 1.82) is 0 Å². The van der Waals surface area contributed by atoms with Crippen LogP contribution in [0.5, 0.6) is 11.5 Å². The summed E-state index contributed by atoms with van der Waals surface area (Å²) in [6.07, 6.45) is 0.256. The quantitative estimate of drug-likeness (QED) is 0.832. The minimum absolute atomic E-state index is 0.0414. The minimum atomic E-state index is -0.258. The van der Waals surface area contributed by atoms with Gasteiger partial charge in [0.2, 0.25) is 5.91 Å². The van der Waals surface area contributed by atoms with Crippen molar-refractivity contribution in [2.75, 3.05) is 37.1 Å². The van der Waals surface area contributed by atoms with Crippen LogP contribution in [0.15, 0.2) is 48.5 Å². The molecule has 7 heteroatoms. The zero-order chi connectivity index (χ0) is 20.1. The summed E-state index contributed by atoms with van der Waals surface area (Å²) in [6.45, 7) is 2.87. The summed E-state index contributed by atoms with van der Waals surface area (Å²) in [5, 5.41) is 2.98. The van der Waals surface area contributed by atoms with Gasteiger partial charge in [-0.3, -0.25) is 9.69 Å². The summed E-state index contributed by atoms with van der Waals surface area (Å²) in [5.74, 6) is 1.12. The van der Waals surface area contributed by atoms with E-state index in [1.54, 1.807) is 36.2 Å². The van der Waals surface area contributed by atoms with Gasteiger partial charge < -0.3 is 19.7 Å². The van der Waals surface area contributed by atoms with Crippen LogP contribution in [0.1, 0.15) is 13.3 Å². The van der Waals surface area contributed by atoms with Gasteiger partial charge in [-0.2, -0.15) is 0 Å². The van der Waals surface area contributed by atoms with Gasteiger partial charge in [-0.1, -0.05) is 18.2 Å². The molecule has 3 amide bonds. The number of carbonyl (C=O) groups excluding carboxylic acids is 2. The van der Waals surface area contributed by atoms with Crippen molar-refractivity contribution in [1.82, 2.24) is 5.32 Å². The van der Waals surface area contributed by atoms with Crippen LogP contribution in [-0.2, 0) is 4.79 Å². The summed E-state index contributed by atoms with van der Waals surface area (Å²) in [7, 11) is 3.12. The lowest BCUT2D eigenvalue weighted by atomic mass is 10.2. The highest BCUT2D eigenvalue weighted by molar-refractivity contribution is 5.98. The molecule has 7 nitrogen and oxygen atoms in total. The molecular weight excluding hydrogens is 358 g/mol. The third-order valence-electron chi connectivity index (χ3n) is 4.76. The molecule has 0 aliphatic carbocycles. The number of benzene rings is 2. The molecule has 1 atom stereocenters. The summed E-state index contributed by atoms with van der Waals surface area (Å²) >= 11 is 0. The molecule has 1 N–H and O–H groups in total. The first-order chi connectivity index (χ1) is 13.6. The molecule has 28 heavy (non-hydrogen) atoms. The number of hydrogen-bond acceptors (Lipinski definition) is 4. The maximum Gasteiger partial charge on any atom is 0.322 e. The normalized spacial score (nSPS) is 16.0. The van der Waals surface area contributed by atoms with Crippen molar-refractivity contribution < 1.29 is 19.1 Å². The number of methoxy groups -OCH3 is 2. The fourth-order valence-electron chi connectivity index (χ4n) is 3.35. The van der Waals surface area contributed by atoms with E-state index in [4.69, 9.17) is 9.47 Å². The number of para-hydroxylation sites is 1. The second-order valence-electron chi connectivity index (χ2n) is 6.47. The van der Waals surface area contributed by atoms with Gasteiger partial charge in [0.05, 0.1) is 20.3 Å². The highest BCUT2D eigenvalue weighted by Crippen LogP contribution is 2.33. The predicted octanol–water partition coefficient (Wildman–Crippen LogP) is 3.05. The number of nitrogens with zero attached hydrogens (tertiary/aromatic N) is 2. The molecule has 2 aromatic rings. The van der Waals surface area contributed by atoms with Gasteiger partial charge in [0.1, 0.15) is 0 Å². The summed E-state index contributed by atoms with van der Waals surface area (Å²) in [5.41, 5.74) is 1.54. The Kier molecular flexibility index (Phi) is 6.03. The lowest BCUT2D eigenvalue weighted by Gasteiger charge is -2.24. The largest absolute Gasteiger partial charge is 0.493 e. The second-order valence-corrected chi connectivity index (χ2v) is 6.47. The molecule has 1 aliphatic rings. The predicted molar refractivity (Wildman–Crippen MR) is 108 cm³/mol. The lowest BCUT2D eigenvalue weighted by Crippen LogP contribution is -2.46. The van der Waals surface area contributed by atoms with Gasteiger partial charge in [0, 0.05) is 37.0 Å². The van der Waals surface area contributed by atoms with E-state index in [0.717, 1.165) is 11.4 Å². The molecular formula is C21H25N3O4.